The van der Waals surface area contributed by atoms with Gasteiger partial charge in [0.25, 0.3) is 5.91 Å². The van der Waals surface area contributed by atoms with Crippen molar-refractivity contribution in [2.75, 3.05) is 0 Å². The third kappa shape index (κ3) is 5.01. The first kappa shape index (κ1) is 24.0. The maximum absolute atomic E-state index is 13.0. The quantitative estimate of drug-likeness (QED) is 0.272. The molecule has 1 aromatic heterocycles. The van der Waals surface area contributed by atoms with Crippen LogP contribution in [0.4, 0.5) is 0 Å². The highest BCUT2D eigenvalue weighted by atomic mass is 35.5. The van der Waals surface area contributed by atoms with Gasteiger partial charge in [0.1, 0.15) is 0 Å². The van der Waals surface area contributed by atoms with E-state index in [1.807, 2.05) is 54.0 Å². The van der Waals surface area contributed by atoms with Crippen LogP contribution in [0.2, 0.25) is 10.0 Å². The molecular weight excluding hydrogens is 469 g/mol. The highest BCUT2D eigenvalue weighted by molar-refractivity contribution is 6.42. The molecule has 174 valence electrons. The third-order valence-electron chi connectivity index (χ3n) is 5.82. The van der Waals surface area contributed by atoms with Gasteiger partial charge >= 0.3 is 0 Å². The Balaban J connectivity index is 1.67. The van der Waals surface area contributed by atoms with Crippen LogP contribution in [0.25, 0.3) is 11.0 Å². The number of amides is 1. The van der Waals surface area contributed by atoms with E-state index in [2.05, 4.69) is 10.3 Å². The number of fused-ring (bicyclic) bond motifs is 1. The Kier molecular flexibility index (Phi) is 7.35. The lowest BCUT2D eigenvalue weighted by Gasteiger charge is -2.17. The van der Waals surface area contributed by atoms with Crippen LogP contribution in [0.3, 0.4) is 0 Å². The summed E-state index contributed by atoms with van der Waals surface area (Å²) in [6.07, 6.45) is 1.10. The molecule has 0 saturated heterocycles. The molecule has 0 aliphatic carbocycles. The third-order valence-corrected chi connectivity index (χ3v) is 6.56. The monoisotopic (exact) mass is 493 g/mol. The van der Waals surface area contributed by atoms with Crippen molar-refractivity contribution >= 4 is 45.9 Å². The van der Waals surface area contributed by atoms with Gasteiger partial charge in [0, 0.05) is 18.5 Å². The van der Waals surface area contributed by atoms with Gasteiger partial charge < -0.3 is 9.88 Å². The summed E-state index contributed by atoms with van der Waals surface area (Å²) in [5.41, 5.74) is 3.82. The fourth-order valence-electron chi connectivity index (χ4n) is 3.97. The van der Waals surface area contributed by atoms with E-state index >= 15 is 0 Å². The van der Waals surface area contributed by atoms with Gasteiger partial charge in [0.15, 0.2) is 11.6 Å². The van der Waals surface area contributed by atoms with Crippen molar-refractivity contribution in [3.63, 3.8) is 0 Å². The number of nitrogens with zero attached hydrogens (tertiary/aromatic N) is 2. The predicted molar refractivity (Wildman–Crippen MR) is 137 cm³/mol. The van der Waals surface area contributed by atoms with E-state index in [1.54, 1.807) is 31.2 Å². The SMILES string of the molecule is CCC(=O)c1nc2cc(C(=O)N[C@H](CC)c3ccccc3)ccc2n1Cc1ccc(Cl)c(Cl)c1. The molecule has 4 aromatic rings. The summed E-state index contributed by atoms with van der Waals surface area (Å²) < 4.78 is 1.86. The van der Waals surface area contributed by atoms with E-state index in [1.165, 1.54) is 0 Å². The van der Waals surface area contributed by atoms with E-state index in [9.17, 15) is 9.59 Å². The maximum atomic E-state index is 13.0. The molecule has 5 nitrogen and oxygen atoms in total. The number of hydrogen-bond donors (Lipinski definition) is 1. The van der Waals surface area contributed by atoms with Crippen molar-refractivity contribution < 1.29 is 9.59 Å². The van der Waals surface area contributed by atoms with E-state index < -0.39 is 0 Å². The Labute approximate surface area is 208 Å². The summed E-state index contributed by atoms with van der Waals surface area (Å²) in [7, 11) is 0. The van der Waals surface area contributed by atoms with E-state index in [0.717, 1.165) is 23.1 Å². The second-order valence-electron chi connectivity index (χ2n) is 8.10. The topological polar surface area (TPSA) is 64.0 Å². The van der Waals surface area contributed by atoms with E-state index in [-0.39, 0.29) is 17.7 Å². The summed E-state index contributed by atoms with van der Waals surface area (Å²) in [5, 5.41) is 4.03. The Morgan fingerprint density at radius 2 is 1.74 bits per heavy atom. The Bertz CT molecular complexity index is 1350. The van der Waals surface area contributed by atoms with Gasteiger partial charge in [0.05, 0.1) is 27.1 Å². The Hall–Kier alpha value is -3.15. The molecule has 1 amide bonds. The second kappa shape index (κ2) is 10.4. The summed E-state index contributed by atoms with van der Waals surface area (Å²) in [6, 6.07) is 20.5. The molecule has 0 saturated carbocycles. The molecule has 0 aliphatic heterocycles. The first-order chi connectivity index (χ1) is 16.4. The number of nitrogens with one attached hydrogen (secondary N) is 1. The van der Waals surface area contributed by atoms with Crippen LogP contribution >= 0.6 is 23.2 Å². The molecular formula is C27H25Cl2N3O2. The number of benzene rings is 3. The smallest absolute Gasteiger partial charge is 0.251 e. The van der Waals surface area contributed by atoms with Crippen LogP contribution in [-0.2, 0) is 6.54 Å². The number of carbonyl (C=O) groups is 2. The van der Waals surface area contributed by atoms with Crippen molar-refractivity contribution in [3.8, 4) is 0 Å². The van der Waals surface area contributed by atoms with Crippen LogP contribution in [0.5, 0.6) is 0 Å². The van der Waals surface area contributed by atoms with E-state index in [4.69, 9.17) is 23.2 Å². The van der Waals surface area contributed by atoms with Crippen molar-refractivity contribution in [3.05, 3.63) is 99.3 Å². The zero-order chi connectivity index (χ0) is 24.2. The number of ketones is 1. The maximum Gasteiger partial charge on any atom is 0.251 e. The average Bonchev–Trinajstić information content (AvgIpc) is 3.22. The van der Waals surface area contributed by atoms with Gasteiger partial charge in [-0.1, -0.05) is 73.4 Å². The number of carbonyl (C=O) groups excluding carboxylic acids is 2. The predicted octanol–water partition coefficient (Wildman–Crippen LogP) is 6.87. The van der Waals surface area contributed by atoms with Gasteiger partial charge in [-0.15, -0.1) is 0 Å². The summed E-state index contributed by atoms with van der Waals surface area (Å²) in [5.74, 6) is 0.106. The highest BCUT2D eigenvalue weighted by Crippen LogP contribution is 2.26. The standard InChI is InChI=1S/C27H25Cl2N3O2/c1-3-22(18-8-6-5-7-9-18)31-27(34)19-11-13-24-23(15-19)30-26(25(33)4-2)32(24)16-17-10-12-20(28)21(29)14-17/h5-15,22H,3-4,16H2,1-2H3,(H,31,34)/t22-/m1/s1. The number of Topliss-reactive ketones (excluding diaryl/α,β-unsaturated/α-hetero) is 1. The molecule has 3 aromatic carbocycles. The first-order valence-electron chi connectivity index (χ1n) is 11.2. The normalized spacial score (nSPS) is 12.0. The fraction of sp³-hybridized carbons (Fsp3) is 0.222. The van der Waals surface area contributed by atoms with Crippen molar-refractivity contribution in [2.45, 2.75) is 39.3 Å². The van der Waals surface area contributed by atoms with E-state index in [0.29, 0.717) is 39.9 Å². The minimum atomic E-state index is -0.181. The lowest BCUT2D eigenvalue weighted by molar-refractivity contribution is 0.0934. The highest BCUT2D eigenvalue weighted by Gasteiger charge is 2.19. The Morgan fingerprint density at radius 1 is 0.971 bits per heavy atom. The molecule has 34 heavy (non-hydrogen) atoms. The number of rotatable bonds is 8. The van der Waals surface area contributed by atoms with Crippen LogP contribution in [0, 0.1) is 0 Å². The molecule has 0 spiro atoms. The molecule has 1 N–H and O–H groups in total. The zero-order valence-corrected chi connectivity index (χ0v) is 20.5. The van der Waals surface area contributed by atoms with Gasteiger partial charge in [-0.3, -0.25) is 9.59 Å². The Morgan fingerprint density at radius 3 is 2.41 bits per heavy atom. The minimum absolute atomic E-state index is 0.0719. The zero-order valence-electron chi connectivity index (χ0n) is 19.0. The van der Waals surface area contributed by atoms with Gasteiger partial charge in [-0.05, 0) is 47.9 Å². The van der Waals surface area contributed by atoms with Gasteiger partial charge in [-0.25, -0.2) is 4.98 Å². The van der Waals surface area contributed by atoms with Gasteiger partial charge in [0.2, 0.25) is 0 Å². The molecule has 0 fully saturated rings. The lowest BCUT2D eigenvalue weighted by atomic mass is 10.0. The molecule has 0 radical (unpaired) electrons. The van der Waals surface area contributed by atoms with Crippen LogP contribution < -0.4 is 5.32 Å². The molecule has 0 bridgehead atoms. The fourth-order valence-corrected chi connectivity index (χ4v) is 4.29. The molecule has 0 unspecified atom stereocenters. The number of hydrogen-bond acceptors (Lipinski definition) is 3. The van der Waals surface area contributed by atoms with Crippen LogP contribution in [0.15, 0.2) is 66.7 Å². The lowest BCUT2D eigenvalue weighted by Crippen LogP contribution is -2.28. The van der Waals surface area contributed by atoms with Gasteiger partial charge in [-0.2, -0.15) is 0 Å². The number of imidazole rings is 1. The number of aromatic nitrogens is 2. The largest absolute Gasteiger partial charge is 0.345 e. The number of halogens is 2. The van der Waals surface area contributed by atoms with Crippen molar-refractivity contribution in [1.82, 2.24) is 14.9 Å². The summed E-state index contributed by atoms with van der Waals surface area (Å²) in [6.45, 7) is 4.25. The van der Waals surface area contributed by atoms with Crippen LogP contribution in [-0.4, -0.2) is 21.2 Å². The molecule has 7 heteroatoms. The summed E-state index contributed by atoms with van der Waals surface area (Å²) >= 11 is 12.2. The molecule has 1 atom stereocenters. The first-order valence-corrected chi connectivity index (χ1v) is 12.0. The molecule has 0 aliphatic rings. The minimum Gasteiger partial charge on any atom is -0.345 e. The van der Waals surface area contributed by atoms with Crippen molar-refractivity contribution in [1.29, 1.82) is 0 Å². The molecule has 1 heterocycles. The second-order valence-corrected chi connectivity index (χ2v) is 8.91. The summed E-state index contributed by atoms with van der Waals surface area (Å²) in [4.78, 5) is 30.3. The average molecular weight is 494 g/mol. The van der Waals surface area contributed by atoms with Crippen molar-refractivity contribution in [2.24, 2.45) is 0 Å². The van der Waals surface area contributed by atoms with Crippen LogP contribution in [0.1, 0.15) is 64.8 Å². The molecule has 4 rings (SSSR count).